The molecule has 0 bridgehead atoms. The summed E-state index contributed by atoms with van der Waals surface area (Å²) < 4.78 is 37.9. The van der Waals surface area contributed by atoms with Gasteiger partial charge in [0.2, 0.25) is 5.95 Å². The van der Waals surface area contributed by atoms with E-state index in [4.69, 9.17) is 0 Å². The Morgan fingerprint density at radius 3 is 2.10 bits per heavy atom. The molecule has 156 valence electrons. The number of carbonyl (C=O) groups excluding carboxylic acids is 1. The Kier molecular flexibility index (Phi) is 5.91. The average molecular weight is 415 g/mol. The van der Waals surface area contributed by atoms with Gasteiger partial charge in [-0.15, -0.1) is 0 Å². The van der Waals surface area contributed by atoms with Gasteiger partial charge in [-0.1, -0.05) is 0 Å². The van der Waals surface area contributed by atoms with Crippen molar-refractivity contribution in [3.8, 4) is 0 Å². The monoisotopic (exact) mass is 415 g/mol. The maximum atomic E-state index is 12.6. The van der Waals surface area contributed by atoms with Gasteiger partial charge in [-0.25, -0.2) is 4.98 Å². The van der Waals surface area contributed by atoms with Crippen LogP contribution in [0.1, 0.15) is 21.6 Å². The topological polar surface area (TPSA) is 70.2 Å². The van der Waals surface area contributed by atoms with Gasteiger partial charge in [0, 0.05) is 42.8 Å². The molecule has 9 heteroatoms. The maximum absolute atomic E-state index is 12.6. The third-order valence-electron chi connectivity index (χ3n) is 4.17. The van der Waals surface area contributed by atoms with Crippen LogP contribution in [0, 0.1) is 6.92 Å². The summed E-state index contributed by atoms with van der Waals surface area (Å²) in [5, 5.41) is 5.76. The van der Waals surface area contributed by atoms with Crippen molar-refractivity contribution < 1.29 is 18.0 Å². The van der Waals surface area contributed by atoms with E-state index in [-0.39, 0.29) is 5.56 Å². The smallest absolute Gasteiger partial charge is 0.363 e. The molecule has 3 rings (SSSR count). The molecule has 0 saturated heterocycles. The standard InChI is InChI=1S/C21H20F3N5O/c1-13-12-18(29(2)3)28-20(25-13)27-17-10-8-16(9-11-17)26-19(30)14-4-6-15(7-5-14)21(22,23)24/h4-12H,1-3H3,(H,26,30)(H,25,27,28). The highest BCUT2D eigenvalue weighted by Gasteiger charge is 2.30. The Bertz CT molecular complexity index is 1030. The van der Waals surface area contributed by atoms with Crippen molar-refractivity contribution in [3.63, 3.8) is 0 Å². The van der Waals surface area contributed by atoms with Crippen molar-refractivity contribution in [1.29, 1.82) is 0 Å². The van der Waals surface area contributed by atoms with Crippen molar-refractivity contribution in [2.75, 3.05) is 29.6 Å². The summed E-state index contributed by atoms with van der Waals surface area (Å²) in [6, 6.07) is 12.7. The second-order valence-corrected chi connectivity index (χ2v) is 6.82. The fourth-order valence-corrected chi connectivity index (χ4v) is 2.62. The van der Waals surface area contributed by atoms with Gasteiger partial charge < -0.3 is 15.5 Å². The second kappa shape index (κ2) is 8.40. The summed E-state index contributed by atoms with van der Waals surface area (Å²) in [7, 11) is 3.78. The van der Waals surface area contributed by atoms with Gasteiger partial charge in [0.1, 0.15) is 5.82 Å². The fourth-order valence-electron chi connectivity index (χ4n) is 2.62. The van der Waals surface area contributed by atoms with E-state index in [1.54, 1.807) is 24.3 Å². The molecular weight excluding hydrogens is 395 g/mol. The Balaban J connectivity index is 1.67. The van der Waals surface area contributed by atoms with Gasteiger partial charge in [-0.3, -0.25) is 4.79 Å². The summed E-state index contributed by atoms with van der Waals surface area (Å²) in [6.07, 6.45) is -4.44. The molecule has 0 aliphatic heterocycles. The van der Waals surface area contributed by atoms with Crippen LogP contribution in [-0.2, 0) is 6.18 Å². The third-order valence-corrected chi connectivity index (χ3v) is 4.17. The summed E-state index contributed by atoms with van der Waals surface area (Å²) >= 11 is 0. The van der Waals surface area contributed by atoms with Gasteiger partial charge in [-0.2, -0.15) is 18.2 Å². The summed E-state index contributed by atoms with van der Waals surface area (Å²) in [4.78, 5) is 22.9. The third kappa shape index (κ3) is 5.25. The lowest BCUT2D eigenvalue weighted by Gasteiger charge is -2.14. The van der Waals surface area contributed by atoms with Crippen LogP contribution in [0.15, 0.2) is 54.6 Å². The molecule has 30 heavy (non-hydrogen) atoms. The van der Waals surface area contributed by atoms with E-state index in [0.29, 0.717) is 11.6 Å². The number of hydrogen-bond acceptors (Lipinski definition) is 5. The zero-order valence-corrected chi connectivity index (χ0v) is 16.6. The zero-order valence-electron chi connectivity index (χ0n) is 16.6. The van der Waals surface area contributed by atoms with Crippen LogP contribution in [0.3, 0.4) is 0 Å². The first kappa shape index (κ1) is 21.1. The number of aromatic nitrogens is 2. The Hall–Kier alpha value is -3.62. The van der Waals surface area contributed by atoms with E-state index >= 15 is 0 Å². The van der Waals surface area contributed by atoms with E-state index in [9.17, 15) is 18.0 Å². The van der Waals surface area contributed by atoms with E-state index < -0.39 is 17.6 Å². The van der Waals surface area contributed by atoms with E-state index in [1.165, 1.54) is 0 Å². The van der Waals surface area contributed by atoms with Crippen LogP contribution in [0.2, 0.25) is 0 Å². The first-order valence-corrected chi connectivity index (χ1v) is 9.00. The summed E-state index contributed by atoms with van der Waals surface area (Å²) in [5.41, 5.74) is 1.37. The SMILES string of the molecule is Cc1cc(N(C)C)nc(Nc2ccc(NC(=O)c3ccc(C(F)(F)F)cc3)cc2)n1. The molecule has 1 amide bonds. The number of halogens is 3. The minimum Gasteiger partial charge on any atom is -0.363 e. The summed E-state index contributed by atoms with van der Waals surface area (Å²) in [5.74, 6) is 0.716. The van der Waals surface area contributed by atoms with Gasteiger partial charge in [0.15, 0.2) is 0 Å². The normalized spacial score (nSPS) is 11.1. The molecule has 0 fully saturated rings. The van der Waals surface area contributed by atoms with Gasteiger partial charge in [-0.05, 0) is 55.5 Å². The van der Waals surface area contributed by atoms with Crippen LogP contribution < -0.4 is 15.5 Å². The number of aryl methyl sites for hydroxylation is 1. The number of amides is 1. The van der Waals surface area contributed by atoms with Gasteiger partial charge in [0.05, 0.1) is 5.56 Å². The predicted molar refractivity (Wildman–Crippen MR) is 110 cm³/mol. The van der Waals surface area contributed by atoms with Crippen molar-refractivity contribution in [3.05, 3.63) is 71.4 Å². The summed E-state index contributed by atoms with van der Waals surface area (Å²) in [6.45, 7) is 1.87. The predicted octanol–water partition coefficient (Wildman–Crippen LogP) is 4.87. The highest BCUT2D eigenvalue weighted by Crippen LogP contribution is 2.29. The highest BCUT2D eigenvalue weighted by molar-refractivity contribution is 6.04. The maximum Gasteiger partial charge on any atom is 0.416 e. The molecule has 1 heterocycles. The molecule has 0 saturated carbocycles. The molecule has 0 radical (unpaired) electrons. The zero-order chi connectivity index (χ0) is 21.9. The van der Waals surface area contributed by atoms with Crippen molar-refractivity contribution in [1.82, 2.24) is 9.97 Å². The largest absolute Gasteiger partial charge is 0.416 e. The molecular formula is C21H20F3N5O. The lowest BCUT2D eigenvalue weighted by atomic mass is 10.1. The highest BCUT2D eigenvalue weighted by atomic mass is 19.4. The second-order valence-electron chi connectivity index (χ2n) is 6.82. The quantitative estimate of drug-likeness (QED) is 0.623. The van der Waals surface area contributed by atoms with Crippen LogP contribution in [0.4, 0.5) is 36.3 Å². The van der Waals surface area contributed by atoms with E-state index in [1.807, 2.05) is 32.0 Å². The van der Waals surface area contributed by atoms with Crippen LogP contribution in [0.5, 0.6) is 0 Å². The average Bonchev–Trinajstić information content (AvgIpc) is 2.68. The molecule has 0 spiro atoms. The van der Waals surface area contributed by atoms with E-state index in [0.717, 1.165) is 41.5 Å². The van der Waals surface area contributed by atoms with Crippen molar-refractivity contribution >= 4 is 29.0 Å². The molecule has 2 aromatic carbocycles. The van der Waals surface area contributed by atoms with E-state index in [2.05, 4.69) is 20.6 Å². The van der Waals surface area contributed by atoms with Crippen molar-refractivity contribution in [2.45, 2.75) is 13.1 Å². The van der Waals surface area contributed by atoms with Crippen LogP contribution in [0.25, 0.3) is 0 Å². The lowest BCUT2D eigenvalue weighted by Crippen LogP contribution is -2.13. The number of nitrogens with zero attached hydrogens (tertiary/aromatic N) is 3. The van der Waals surface area contributed by atoms with Crippen molar-refractivity contribution in [2.24, 2.45) is 0 Å². The Morgan fingerprint density at radius 2 is 1.53 bits per heavy atom. The van der Waals surface area contributed by atoms with Gasteiger partial charge >= 0.3 is 6.18 Å². The minimum absolute atomic E-state index is 0.134. The number of alkyl halides is 3. The number of benzene rings is 2. The Labute approximate surface area is 171 Å². The number of anilines is 4. The number of hydrogen-bond donors (Lipinski definition) is 2. The molecule has 0 atom stereocenters. The fraction of sp³-hybridized carbons (Fsp3) is 0.190. The molecule has 3 aromatic rings. The van der Waals surface area contributed by atoms with Crippen LogP contribution in [-0.4, -0.2) is 30.0 Å². The molecule has 0 aliphatic carbocycles. The number of carbonyl (C=O) groups is 1. The van der Waals surface area contributed by atoms with Crippen LogP contribution >= 0.6 is 0 Å². The molecule has 2 N–H and O–H groups in total. The first-order chi connectivity index (χ1) is 14.1. The molecule has 0 unspecified atom stereocenters. The first-order valence-electron chi connectivity index (χ1n) is 9.00. The molecule has 1 aromatic heterocycles. The molecule has 6 nitrogen and oxygen atoms in total. The number of rotatable bonds is 5. The number of nitrogens with one attached hydrogen (secondary N) is 2. The Morgan fingerprint density at radius 1 is 0.933 bits per heavy atom. The minimum atomic E-state index is -4.44. The van der Waals surface area contributed by atoms with Gasteiger partial charge in [0.25, 0.3) is 5.91 Å². The molecule has 0 aliphatic rings. The lowest BCUT2D eigenvalue weighted by molar-refractivity contribution is -0.137.